The first-order valence-electron chi connectivity index (χ1n) is 8.32. The summed E-state index contributed by atoms with van der Waals surface area (Å²) >= 11 is 5.98. The van der Waals surface area contributed by atoms with Gasteiger partial charge in [-0.3, -0.25) is 14.8 Å². The molecule has 25 heavy (non-hydrogen) atoms. The monoisotopic (exact) mass is 357 g/mol. The van der Waals surface area contributed by atoms with Gasteiger partial charge in [-0.05, 0) is 30.0 Å². The van der Waals surface area contributed by atoms with E-state index < -0.39 is 0 Å². The molecular weight excluding hydrogens is 338 g/mol. The van der Waals surface area contributed by atoms with Gasteiger partial charge in [0.15, 0.2) is 0 Å². The Balaban J connectivity index is 1.66. The summed E-state index contributed by atoms with van der Waals surface area (Å²) in [5, 5.41) is 8.35. The molecule has 7 heteroatoms. The minimum atomic E-state index is -0.152. The van der Waals surface area contributed by atoms with E-state index in [1.54, 1.807) is 18.2 Å². The molecule has 3 heterocycles. The van der Waals surface area contributed by atoms with Gasteiger partial charge in [-0.2, -0.15) is 5.10 Å². The molecule has 1 aromatic carbocycles. The van der Waals surface area contributed by atoms with Crippen molar-refractivity contribution in [2.24, 2.45) is 5.41 Å². The summed E-state index contributed by atoms with van der Waals surface area (Å²) in [5.41, 5.74) is 3.03. The van der Waals surface area contributed by atoms with Crippen LogP contribution in [0.4, 0.5) is 0 Å². The summed E-state index contributed by atoms with van der Waals surface area (Å²) in [4.78, 5) is 22.2. The molecule has 0 unspecified atom stereocenters. The van der Waals surface area contributed by atoms with Crippen LogP contribution < -0.4 is 5.56 Å². The molecule has 0 saturated heterocycles. The number of hydrogen-bond acceptors (Lipinski definition) is 4. The van der Waals surface area contributed by atoms with Crippen LogP contribution in [0, 0.1) is 5.41 Å². The second-order valence-electron chi connectivity index (χ2n) is 7.53. The molecule has 0 amide bonds. The maximum atomic E-state index is 12.4. The van der Waals surface area contributed by atoms with Gasteiger partial charge in [0.1, 0.15) is 5.82 Å². The number of H-pyrrole nitrogens is 2. The fourth-order valence-electron chi connectivity index (χ4n) is 3.62. The number of hydrogen-bond donors (Lipinski definition) is 2. The van der Waals surface area contributed by atoms with Crippen LogP contribution in [-0.4, -0.2) is 31.6 Å². The van der Waals surface area contributed by atoms with Crippen LogP contribution in [0.25, 0.3) is 10.9 Å². The Morgan fingerprint density at radius 3 is 3.04 bits per heavy atom. The summed E-state index contributed by atoms with van der Waals surface area (Å²) < 4.78 is 0. The van der Waals surface area contributed by atoms with Gasteiger partial charge in [0.05, 0.1) is 23.6 Å². The van der Waals surface area contributed by atoms with Crippen molar-refractivity contribution in [1.29, 1.82) is 0 Å². The van der Waals surface area contributed by atoms with Crippen LogP contribution in [0.5, 0.6) is 0 Å². The third-order valence-corrected chi connectivity index (χ3v) is 4.83. The summed E-state index contributed by atoms with van der Waals surface area (Å²) in [7, 11) is 0. The zero-order valence-electron chi connectivity index (χ0n) is 14.3. The third-order valence-electron chi connectivity index (χ3n) is 4.60. The van der Waals surface area contributed by atoms with E-state index in [0.717, 1.165) is 19.5 Å². The van der Waals surface area contributed by atoms with Crippen molar-refractivity contribution in [3.63, 3.8) is 0 Å². The van der Waals surface area contributed by atoms with Gasteiger partial charge in [0, 0.05) is 29.4 Å². The molecule has 4 rings (SSSR count). The van der Waals surface area contributed by atoms with Crippen molar-refractivity contribution in [3.8, 4) is 0 Å². The first-order chi connectivity index (χ1) is 11.9. The normalized spacial score (nSPS) is 17.4. The average Bonchev–Trinajstić information content (AvgIpc) is 2.89. The maximum Gasteiger partial charge on any atom is 0.258 e. The number of rotatable bonds is 2. The maximum absolute atomic E-state index is 12.4. The smallest absolute Gasteiger partial charge is 0.258 e. The SMILES string of the molecule is CC1(C)Cc2[nH]ncc2CN(Cc2nc3ccc(Cl)cc3c(=O)[nH]2)C1. The molecule has 1 aliphatic rings. The van der Waals surface area contributed by atoms with Gasteiger partial charge in [0.25, 0.3) is 5.56 Å². The highest BCUT2D eigenvalue weighted by atomic mass is 35.5. The molecule has 3 aromatic rings. The zero-order chi connectivity index (χ0) is 17.6. The van der Waals surface area contributed by atoms with Crippen molar-refractivity contribution in [2.75, 3.05) is 6.54 Å². The van der Waals surface area contributed by atoms with Crippen molar-refractivity contribution in [1.82, 2.24) is 25.1 Å². The highest BCUT2D eigenvalue weighted by Gasteiger charge is 2.29. The largest absolute Gasteiger partial charge is 0.309 e. The van der Waals surface area contributed by atoms with E-state index in [4.69, 9.17) is 11.6 Å². The average molecular weight is 358 g/mol. The molecular formula is C18H20ClN5O. The van der Waals surface area contributed by atoms with Gasteiger partial charge in [-0.1, -0.05) is 25.4 Å². The highest BCUT2D eigenvalue weighted by molar-refractivity contribution is 6.31. The molecule has 0 atom stereocenters. The van der Waals surface area contributed by atoms with Crippen LogP contribution in [-0.2, 0) is 19.5 Å². The first-order valence-corrected chi connectivity index (χ1v) is 8.69. The fourth-order valence-corrected chi connectivity index (χ4v) is 3.79. The van der Waals surface area contributed by atoms with Crippen molar-refractivity contribution in [3.05, 3.63) is 56.9 Å². The lowest BCUT2D eigenvalue weighted by atomic mass is 9.88. The number of benzene rings is 1. The highest BCUT2D eigenvalue weighted by Crippen LogP contribution is 2.29. The second kappa shape index (κ2) is 5.97. The Bertz CT molecular complexity index is 991. The van der Waals surface area contributed by atoms with Crippen LogP contribution in [0.1, 0.15) is 30.9 Å². The fraction of sp³-hybridized carbons (Fsp3) is 0.389. The lowest BCUT2D eigenvalue weighted by Gasteiger charge is -2.29. The van der Waals surface area contributed by atoms with Crippen LogP contribution >= 0.6 is 11.6 Å². The van der Waals surface area contributed by atoms with Crippen LogP contribution in [0.15, 0.2) is 29.2 Å². The van der Waals surface area contributed by atoms with Crippen molar-refractivity contribution >= 4 is 22.5 Å². The first kappa shape index (κ1) is 16.3. The predicted octanol–water partition coefficient (Wildman–Crippen LogP) is 2.88. The summed E-state index contributed by atoms with van der Waals surface area (Å²) in [6.45, 7) is 6.78. The Morgan fingerprint density at radius 1 is 1.36 bits per heavy atom. The van der Waals surface area contributed by atoms with Crippen LogP contribution in [0.2, 0.25) is 5.02 Å². The standard InChI is InChI=1S/C18H20ClN5O/c1-18(2)6-15-11(7-20-23-15)8-24(10-18)9-16-21-14-4-3-12(19)5-13(14)17(25)22-16/h3-5,7H,6,8-10H2,1-2H3,(H,20,23)(H,21,22,25). The quantitative estimate of drug-likeness (QED) is 0.739. The van der Waals surface area contributed by atoms with Gasteiger partial charge < -0.3 is 4.98 Å². The summed E-state index contributed by atoms with van der Waals surface area (Å²) in [6.07, 6.45) is 2.85. The number of aromatic nitrogens is 4. The minimum Gasteiger partial charge on any atom is -0.309 e. The number of nitrogens with one attached hydrogen (secondary N) is 2. The van der Waals surface area contributed by atoms with Crippen molar-refractivity contribution < 1.29 is 0 Å². The Hall–Kier alpha value is -2.18. The van der Waals surface area contributed by atoms with E-state index in [-0.39, 0.29) is 11.0 Å². The predicted molar refractivity (Wildman–Crippen MR) is 97.6 cm³/mol. The Labute approximate surface area is 150 Å². The molecule has 0 fully saturated rings. The number of nitrogens with zero attached hydrogens (tertiary/aromatic N) is 3. The third kappa shape index (κ3) is 3.32. The molecule has 0 spiro atoms. The van der Waals surface area contributed by atoms with Crippen LogP contribution in [0.3, 0.4) is 0 Å². The Morgan fingerprint density at radius 2 is 2.20 bits per heavy atom. The van der Waals surface area contributed by atoms with Gasteiger partial charge in [-0.15, -0.1) is 0 Å². The summed E-state index contributed by atoms with van der Waals surface area (Å²) in [6, 6.07) is 5.20. The number of fused-ring (bicyclic) bond motifs is 2. The molecule has 0 saturated carbocycles. The lowest BCUT2D eigenvalue weighted by Crippen LogP contribution is -2.33. The minimum absolute atomic E-state index is 0.114. The molecule has 6 nitrogen and oxygen atoms in total. The van der Waals surface area contributed by atoms with E-state index >= 15 is 0 Å². The molecule has 0 bridgehead atoms. The molecule has 130 valence electrons. The number of halogens is 1. The van der Waals surface area contributed by atoms with E-state index in [9.17, 15) is 4.79 Å². The van der Waals surface area contributed by atoms with Gasteiger partial charge in [0.2, 0.25) is 0 Å². The molecule has 2 N–H and O–H groups in total. The molecule has 1 aliphatic heterocycles. The zero-order valence-corrected chi connectivity index (χ0v) is 15.0. The second-order valence-corrected chi connectivity index (χ2v) is 7.97. The van der Waals surface area contributed by atoms with E-state index in [0.29, 0.717) is 28.3 Å². The van der Waals surface area contributed by atoms with E-state index in [2.05, 4.69) is 38.9 Å². The topological polar surface area (TPSA) is 77.7 Å². The van der Waals surface area contributed by atoms with Gasteiger partial charge >= 0.3 is 0 Å². The van der Waals surface area contributed by atoms with Gasteiger partial charge in [-0.25, -0.2) is 4.98 Å². The van der Waals surface area contributed by atoms with Crippen molar-refractivity contribution in [2.45, 2.75) is 33.4 Å². The molecule has 2 aromatic heterocycles. The van der Waals surface area contributed by atoms with E-state index in [1.165, 1.54) is 11.3 Å². The molecule has 0 radical (unpaired) electrons. The summed E-state index contributed by atoms with van der Waals surface area (Å²) in [5.74, 6) is 0.669. The van der Waals surface area contributed by atoms with E-state index in [1.807, 2.05) is 6.20 Å². The number of aromatic amines is 2. The molecule has 0 aliphatic carbocycles. The lowest BCUT2D eigenvalue weighted by molar-refractivity contribution is 0.170. The Kier molecular flexibility index (Phi) is 3.89.